The number of rotatable bonds is 8. The van der Waals surface area contributed by atoms with Gasteiger partial charge in [-0.3, -0.25) is 0 Å². The molecule has 0 amide bonds. The third kappa shape index (κ3) is 5.05. The van der Waals surface area contributed by atoms with Gasteiger partial charge in [0.25, 0.3) is 0 Å². The molecule has 2 nitrogen and oxygen atoms in total. The van der Waals surface area contributed by atoms with E-state index in [9.17, 15) is 43.9 Å². The van der Waals surface area contributed by atoms with Gasteiger partial charge < -0.3 is 9.05 Å². The fraction of sp³-hybridized carbons (Fsp3) is 0.294. The lowest BCUT2D eigenvalue weighted by Gasteiger charge is -2.23. The summed E-state index contributed by atoms with van der Waals surface area (Å²) in [6.45, 7) is -4.73. The molecule has 0 saturated carbocycles. The first-order valence-corrected chi connectivity index (χ1v) is 11.1. The van der Waals surface area contributed by atoms with Crippen LogP contribution < -0.4 is 0 Å². The zero-order valence-electron chi connectivity index (χ0n) is 15.3. The van der Waals surface area contributed by atoms with E-state index in [1.54, 1.807) is 0 Å². The highest BCUT2D eigenvalue weighted by Gasteiger charge is 2.30. The average Bonchev–Trinajstić information content (AvgIpc) is 2.73. The van der Waals surface area contributed by atoms with Crippen molar-refractivity contribution in [2.45, 2.75) is 26.6 Å². The highest BCUT2D eigenvalue weighted by molar-refractivity contribution is 8.09. The molecule has 2 aromatic carbocycles. The van der Waals surface area contributed by atoms with Crippen LogP contribution in [-0.2, 0) is 34.1 Å². The minimum absolute atomic E-state index is 0.172. The minimum Gasteiger partial charge on any atom is -0.324 e. The molecule has 0 radical (unpaired) electrons. The smallest absolute Gasteiger partial charge is 0.200 e. The van der Waals surface area contributed by atoms with E-state index in [1.807, 2.05) is 0 Å². The zero-order valence-corrected chi connectivity index (χ0v) is 17.0. The van der Waals surface area contributed by atoms with Gasteiger partial charge in [0, 0.05) is 6.16 Å². The van der Waals surface area contributed by atoms with E-state index in [-0.39, 0.29) is 12.6 Å². The standard InChI is InChI=1S/C17H11F10O2PS/c1-2-3-30(31,28-4-6-8(18)12(22)16(26)13(23)9(6)19)29-5-7-10(20)14(24)17(27)15(25)11(7)21/h2-5H2,1H3. The molecule has 0 fully saturated rings. The van der Waals surface area contributed by atoms with Crippen molar-refractivity contribution in [1.29, 1.82) is 0 Å². The van der Waals surface area contributed by atoms with Crippen LogP contribution in [0.15, 0.2) is 0 Å². The summed E-state index contributed by atoms with van der Waals surface area (Å²) in [4.78, 5) is 0. The van der Waals surface area contributed by atoms with Crippen molar-refractivity contribution in [2.24, 2.45) is 0 Å². The number of hydrogen-bond donors (Lipinski definition) is 0. The van der Waals surface area contributed by atoms with Crippen molar-refractivity contribution in [3.05, 3.63) is 69.3 Å². The molecule has 0 saturated heterocycles. The molecule has 172 valence electrons. The number of benzene rings is 2. The molecular formula is C17H11F10O2PS. The van der Waals surface area contributed by atoms with Crippen LogP contribution in [0.5, 0.6) is 0 Å². The Labute approximate surface area is 173 Å². The molecule has 2 rings (SSSR count). The van der Waals surface area contributed by atoms with E-state index in [2.05, 4.69) is 0 Å². The molecule has 0 N–H and O–H groups in total. The lowest BCUT2D eigenvalue weighted by Crippen LogP contribution is -2.11. The zero-order chi connectivity index (χ0) is 23.7. The molecular weight excluding hydrogens is 489 g/mol. The average molecular weight is 500 g/mol. The minimum atomic E-state index is -3.72. The molecule has 0 aromatic heterocycles. The normalized spacial score (nSPS) is 12.0. The van der Waals surface area contributed by atoms with Crippen molar-refractivity contribution >= 4 is 18.3 Å². The summed E-state index contributed by atoms with van der Waals surface area (Å²) >= 11 is 5.01. The molecule has 0 spiro atoms. The predicted molar refractivity (Wildman–Crippen MR) is 91.5 cm³/mol. The first kappa shape index (κ1) is 25.6. The Balaban J connectivity index is 2.31. The van der Waals surface area contributed by atoms with Crippen LogP contribution in [0.1, 0.15) is 24.5 Å². The van der Waals surface area contributed by atoms with Crippen molar-refractivity contribution in [3.8, 4) is 0 Å². The predicted octanol–water partition coefficient (Wildman–Crippen LogP) is 6.53. The summed E-state index contributed by atoms with van der Waals surface area (Å²) in [6.07, 6.45) is -0.0430. The lowest BCUT2D eigenvalue weighted by atomic mass is 10.2. The second-order valence-electron chi connectivity index (χ2n) is 5.98. The Morgan fingerprint density at radius 2 is 0.806 bits per heavy atom. The summed E-state index contributed by atoms with van der Waals surface area (Å²) < 4.78 is 144. The van der Waals surface area contributed by atoms with Gasteiger partial charge in [0.2, 0.25) is 11.6 Å². The van der Waals surface area contributed by atoms with Gasteiger partial charge in [0.1, 0.15) is 0 Å². The molecule has 0 aliphatic heterocycles. The van der Waals surface area contributed by atoms with Crippen molar-refractivity contribution in [3.63, 3.8) is 0 Å². The fourth-order valence-electron chi connectivity index (χ4n) is 2.32. The van der Waals surface area contributed by atoms with Crippen LogP contribution in [0.25, 0.3) is 0 Å². The highest BCUT2D eigenvalue weighted by atomic mass is 32.5. The van der Waals surface area contributed by atoms with Gasteiger partial charge in [-0.15, -0.1) is 0 Å². The molecule has 0 heterocycles. The topological polar surface area (TPSA) is 18.5 Å². The fourth-order valence-corrected chi connectivity index (χ4v) is 4.72. The Bertz CT molecular complexity index is 927. The van der Waals surface area contributed by atoms with Crippen LogP contribution in [0.2, 0.25) is 0 Å². The molecule has 31 heavy (non-hydrogen) atoms. The van der Waals surface area contributed by atoms with Gasteiger partial charge >= 0.3 is 0 Å². The summed E-state index contributed by atoms with van der Waals surface area (Å²) in [6, 6.07) is 0. The Morgan fingerprint density at radius 1 is 0.548 bits per heavy atom. The highest BCUT2D eigenvalue weighted by Crippen LogP contribution is 2.51. The second kappa shape index (κ2) is 9.85. The van der Waals surface area contributed by atoms with Gasteiger partial charge in [-0.2, -0.15) is 0 Å². The number of halogens is 10. The molecule has 0 aliphatic rings. The SMILES string of the molecule is CCCP(=S)(OCc1c(F)c(F)c(F)c(F)c1F)OCc1c(F)c(F)c(F)c(F)c1F. The van der Waals surface area contributed by atoms with Crippen molar-refractivity contribution < 1.29 is 53.0 Å². The second-order valence-corrected chi connectivity index (χ2v) is 9.83. The summed E-state index contributed by atoms with van der Waals surface area (Å²) in [7, 11) is 0. The summed E-state index contributed by atoms with van der Waals surface area (Å²) in [5, 5.41) is 0. The van der Waals surface area contributed by atoms with Gasteiger partial charge in [-0.05, 0) is 18.2 Å². The quantitative estimate of drug-likeness (QED) is 0.178. The van der Waals surface area contributed by atoms with E-state index in [0.29, 0.717) is 0 Å². The molecule has 2 aromatic rings. The lowest BCUT2D eigenvalue weighted by molar-refractivity contribution is 0.217. The molecule has 0 bridgehead atoms. The van der Waals surface area contributed by atoms with Gasteiger partial charge in [-0.1, -0.05) is 6.92 Å². The summed E-state index contributed by atoms with van der Waals surface area (Å²) in [5.74, 6) is -22.5. The van der Waals surface area contributed by atoms with Crippen LogP contribution >= 0.6 is 6.49 Å². The molecule has 14 heteroatoms. The van der Waals surface area contributed by atoms with Crippen molar-refractivity contribution in [2.75, 3.05) is 6.16 Å². The Hall–Kier alpha value is -1.69. The number of hydrogen-bond acceptors (Lipinski definition) is 3. The Morgan fingerprint density at radius 3 is 1.06 bits per heavy atom. The van der Waals surface area contributed by atoms with Gasteiger partial charge in [0.05, 0.1) is 24.3 Å². The van der Waals surface area contributed by atoms with Crippen LogP contribution in [0.3, 0.4) is 0 Å². The van der Waals surface area contributed by atoms with Crippen LogP contribution in [-0.4, -0.2) is 6.16 Å². The maximum absolute atomic E-state index is 13.8. The molecule has 0 unspecified atom stereocenters. The first-order valence-electron chi connectivity index (χ1n) is 8.25. The largest absolute Gasteiger partial charge is 0.324 e. The van der Waals surface area contributed by atoms with Crippen LogP contribution in [0, 0.1) is 58.2 Å². The van der Waals surface area contributed by atoms with Crippen LogP contribution in [0.4, 0.5) is 43.9 Å². The van der Waals surface area contributed by atoms with Gasteiger partial charge in [0.15, 0.2) is 53.0 Å². The summed E-state index contributed by atoms with van der Waals surface area (Å²) in [5.41, 5.74) is -2.75. The first-order chi connectivity index (χ1) is 14.4. The van der Waals surface area contributed by atoms with E-state index >= 15 is 0 Å². The Kier molecular flexibility index (Phi) is 8.12. The third-order valence-electron chi connectivity index (χ3n) is 3.91. The molecule has 0 atom stereocenters. The molecule has 0 aliphatic carbocycles. The van der Waals surface area contributed by atoms with E-state index < -0.39 is 89.0 Å². The van der Waals surface area contributed by atoms with Gasteiger partial charge in [-0.25, -0.2) is 43.9 Å². The third-order valence-corrected chi connectivity index (χ3v) is 7.13. The maximum atomic E-state index is 13.8. The van der Waals surface area contributed by atoms with E-state index in [0.717, 1.165) is 0 Å². The van der Waals surface area contributed by atoms with Crippen molar-refractivity contribution in [1.82, 2.24) is 0 Å². The monoisotopic (exact) mass is 500 g/mol. The maximum Gasteiger partial charge on any atom is 0.200 e. The van der Waals surface area contributed by atoms with E-state index in [4.69, 9.17) is 20.9 Å². The van der Waals surface area contributed by atoms with E-state index in [1.165, 1.54) is 6.92 Å².